The molecule has 1 N–H and O–H groups in total. The van der Waals surface area contributed by atoms with Crippen LogP contribution in [0.1, 0.15) is 11.8 Å². The summed E-state index contributed by atoms with van der Waals surface area (Å²) in [7, 11) is 0.326. The molecule has 0 aliphatic carbocycles. The summed E-state index contributed by atoms with van der Waals surface area (Å²) in [6.45, 7) is 0. The lowest BCUT2D eigenvalue weighted by molar-refractivity contribution is 0.253. The number of benzene rings is 2. The molecule has 128 valence electrons. The van der Waals surface area contributed by atoms with Crippen LogP contribution in [0, 0.1) is 0 Å². The van der Waals surface area contributed by atoms with E-state index < -0.39 is 22.3 Å². The van der Waals surface area contributed by atoms with E-state index in [1.807, 2.05) is 60.7 Å². The van der Waals surface area contributed by atoms with E-state index in [0.29, 0.717) is 16.4 Å². The molecule has 3 atom stereocenters. The zero-order valence-corrected chi connectivity index (χ0v) is 14.4. The summed E-state index contributed by atoms with van der Waals surface area (Å²) in [6.07, 6.45) is 1.60. The molecule has 0 bridgehead atoms. The Morgan fingerprint density at radius 3 is 2.56 bits per heavy atom. The number of nitrogens with one attached hydrogen (secondary N) is 1. The van der Waals surface area contributed by atoms with E-state index in [-0.39, 0.29) is 0 Å². The predicted molar refractivity (Wildman–Crippen MR) is 95.3 cm³/mol. The molecule has 1 aliphatic rings. The Morgan fingerprint density at radius 2 is 1.88 bits per heavy atom. The van der Waals surface area contributed by atoms with E-state index in [9.17, 15) is 4.21 Å². The average Bonchev–Trinajstić information content (AvgIpc) is 3.29. The van der Waals surface area contributed by atoms with Crippen LogP contribution in [0.4, 0.5) is 5.69 Å². The van der Waals surface area contributed by atoms with Crippen LogP contribution in [0.5, 0.6) is 11.5 Å². The number of rotatable bonds is 5. The van der Waals surface area contributed by atoms with Crippen molar-refractivity contribution in [2.24, 2.45) is 0 Å². The monoisotopic (exact) mass is 355 g/mol. The van der Waals surface area contributed by atoms with E-state index in [1.165, 1.54) is 0 Å². The minimum Gasteiger partial charge on any atom is -0.497 e. The van der Waals surface area contributed by atoms with Crippen LogP contribution in [-0.4, -0.2) is 16.8 Å². The maximum atomic E-state index is 12.9. The zero-order valence-electron chi connectivity index (χ0n) is 13.5. The molecule has 2 heterocycles. The first-order valence-corrected chi connectivity index (χ1v) is 9.08. The Morgan fingerprint density at radius 1 is 1.08 bits per heavy atom. The van der Waals surface area contributed by atoms with Crippen LogP contribution < -0.4 is 14.8 Å². The van der Waals surface area contributed by atoms with Gasteiger partial charge in [0, 0.05) is 5.69 Å². The van der Waals surface area contributed by atoms with Gasteiger partial charge in [0.05, 0.1) is 18.3 Å². The summed E-state index contributed by atoms with van der Waals surface area (Å²) < 4.78 is 29.6. The minimum atomic E-state index is -1.30. The molecule has 0 saturated carbocycles. The molecular weight excluding hydrogens is 338 g/mol. The van der Waals surface area contributed by atoms with Gasteiger partial charge < -0.3 is 19.2 Å². The van der Waals surface area contributed by atoms with Gasteiger partial charge in [0.25, 0.3) is 0 Å². The molecule has 3 aromatic rings. The Kier molecular flexibility index (Phi) is 4.19. The Hall–Kier alpha value is -2.73. The van der Waals surface area contributed by atoms with Crippen molar-refractivity contribution in [1.29, 1.82) is 0 Å². The molecule has 5 nitrogen and oxygen atoms in total. The first-order valence-electron chi connectivity index (χ1n) is 7.86. The number of anilines is 1. The molecule has 0 saturated heterocycles. The van der Waals surface area contributed by atoms with Crippen molar-refractivity contribution in [1.82, 2.24) is 0 Å². The van der Waals surface area contributed by atoms with Gasteiger partial charge in [-0.1, -0.05) is 12.1 Å². The number of furan rings is 1. The van der Waals surface area contributed by atoms with Crippen molar-refractivity contribution in [3.8, 4) is 11.5 Å². The highest BCUT2D eigenvalue weighted by molar-refractivity contribution is 7.86. The molecule has 25 heavy (non-hydrogen) atoms. The third-order valence-electron chi connectivity index (χ3n) is 4.05. The van der Waals surface area contributed by atoms with E-state index in [4.69, 9.17) is 13.9 Å². The minimum absolute atomic E-state index is 0.392. The molecule has 4 rings (SSSR count). The third-order valence-corrected chi connectivity index (χ3v) is 5.62. The van der Waals surface area contributed by atoms with Gasteiger partial charge in [-0.25, -0.2) is 0 Å². The second kappa shape index (κ2) is 6.64. The van der Waals surface area contributed by atoms with Crippen LogP contribution in [0.3, 0.4) is 0 Å². The predicted octanol–water partition coefficient (Wildman–Crippen LogP) is 3.97. The Bertz CT molecular complexity index is 877. The van der Waals surface area contributed by atoms with E-state index in [0.717, 1.165) is 11.4 Å². The fraction of sp³-hybridized carbons (Fsp3) is 0.158. The van der Waals surface area contributed by atoms with Gasteiger partial charge >= 0.3 is 0 Å². The van der Waals surface area contributed by atoms with Crippen molar-refractivity contribution in [3.05, 3.63) is 72.7 Å². The van der Waals surface area contributed by atoms with E-state index in [1.54, 1.807) is 13.4 Å². The van der Waals surface area contributed by atoms with Gasteiger partial charge in [-0.05, 0) is 48.5 Å². The molecular formula is C19H17NO4S. The molecule has 2 aromatic carbocycles. The lowest BCUT2D eigenvalue weighted by Crippen LogP contribution is -2.30. The summed E-state index contributed by atoms with van der Waals surface area (Å²) >= 11 is 0. The molecule has 1 aliphatic heterocycles. The summed E-state index contributed by atoms with van der Waals surface area (Å²) in [5, 5.41) is 3.37. The maximum Gasteiger partial charge on any atom is 0.204 e. The van der Waals surface area contributed by atoms with Gasteiger partial charge in [-0.3, -0.25) is 4.21 Å². The zero-order chi connectivity index (χ0) is 17.2. The number of methoxy groups -OCH3 is 1. The number of ether oxygens (including phenoxy) is 2. The van der Waals surface area contributed by atoms with Crippen molar-refractivity contribution < 1.29 is 18.1 Å². The van der Waals surface area contributed by atoms with Crippen LogP contribution in [0.25, 0.3) is 0 Å². The Balaban J connectivity index is 1.65. The molecule has 1 unspecified atom stereocenters. The van der Waals surface area contributed by atoms with Gasteiger partial charge in [0.2, 0.25) is 5.44 Å². The second-order valence-corrected chi connectivity index (χ2v) is 7.10. The molecule has 1 aromatic heterocycles. The van der Waals surface area contributed by atoms with Crippen LogP contribution in [0.2, 0.25) is 0 Å². The SMILES string of the molecule is COc1ccc(N[C@H](c2ccco2)[C@H]2Oc3ccccc3S2=O)cc1. The topological polar surface area (TPSA) is 60.7 Å². The van der Waals surface area contributed by atoms with Crippen molar-refractivity contribution in [3.63, 3.8) is 0 Å². The van der Waals surface area contributed by atoms with Gasteiger partial charge in [0.15, 0.2) is 0 Å². The molecule has 6 heteroatoms. The lowest BCUT2D eigenvalue weighted by atomic mass is 10.2. The summed E-state index contributed by atoms with van der Waals surface area (Å²) in [6, 6.07) is 18.2. The second-order valence-electron chi connectivity index (χ2n) is 5.60. The lowest BCUT2D eigenvalue weighted by Gasteiger charge is -2.23. The average molecular weight is 355 g/mol. The van der Waals surface area contributed by atoms with E-state index >= 15 is 0 Å². The number of para-hydroxylation sites is 1. The summed E-state index contributed by atoms with van der Waals surface area (Å²) in [4.78, 5) is 0.709. The Labute approximate surface area is 148 Å². The highest BCUT2D eigenvalue weighted by atomic mass is 32.2. The van der Waals surface area contributed by atoms with Crippen LogP contribution >= 0.6 is 0 Å². The van der Waals surface area contributed by atoms with Crippen molar-refractivity contribution >= 4 is 16.5 Å². The molecule has 0 spiro atoms. The highest BCUT2D eigenvalue weighted by Crippen LogP contribution is 2.39. The fourth-order valence-electron chi connectivity index (χ4n) is 2.81. The largest absolute Gasteiger partial charge is 0.497 e. The first kappa shape index (κ1) is 15.8. The van der Waals surface area contributed by atoms with Crippen molar-refractivity contribution in [2.75, 3.05) is 12.4 Å². The molecule has 0 radical (unpaired) electrons. The fourth-order valence-corrected chi connectivity index (χ4v) is 4.23. The normalized spacial score (nSPS) is 19.7. The van der Waals surface area contributed by atoms with Crippen LogP contribution in [0.15, 0.2) is 76.2 Å². The smallest absolute Gasteiger partial charge is 0.204 e. The van der Waals surface area contributed by atoms with Gasteiger partial charge in [-0.2, -0.15) is 0 Å². The number of fused-ring (bicyclic) bond motifs is 1. The quantitative estimate of drug-likeness (QED) is 0.750. The standard InChI is InChI=1S/C19H17NO4S/c1-22-14-10-8-13(9-11-14)20-18(16-6-4-12-23-16)19-24-15-5-2-3-7-17(15)25(19)21/h2-12,18-20H,1H3/t18-,19+,25?/m1/s1. The van der Waals surface area contributed by atoms with Crippen molar-refractivity contribution in [2.45, 2.75) is 16.4 Å². The molecule has 0 fully saturated rings. The van der Waals surface area contributed by atoms with Crippen LogP contribution in [-0.2, 0) is 10.8 Å². The van der Waals surface area contributed by atoms with Gasteiger partial charge in [0.1, 0.15) is 34.1 Å². The maximum absolute atomic E-state index is 12.9. The van der Waals surface area contributed by atoms with E-state index in [2.05, 4.69) is 5.32 Å². The van der Waals surface area contributed by atoms with Gasteiger partial charge in [-0.15, -0.1) is 0 Å². The number of hydrogen-bond acceptors (Lipinski definition) is 5. The summed E-state index contributed by atoms with van der Waals surface area (Å²) in [5.41, 5.74) is 0.282. The summed E-state index contributed by atoms with van der Waals surface area (Å²) in [5.74, 6) is 2.09. The third kappa shape index (κ3) is 3.00. The first-order chi connectivity index (χ1) is 12.3. The molecule has 0 amide bonds. The number of hydrogen-bond donors (Lipinski definition) is 1. The highest BCUT2D eigenvalue weighted by Gasteiger charge is 2.39.